The number of nitrogens with zero attached hydrogens (tertiary/aromatic N) is 2. The van der Waals surface area contributed by atoms with Gasteiger partial charge in [-0.15, -0.1) is 0 Å². The van der Waals surface area contributed by atoms with Gasteiger partial charge in [0.2, 0.25) is 0 Å². The van der Waals surface area contributed by atoms with Gasteiger partial charge in [-0.3, -0.25) is 4.79 Å². The maximum atomic E-state index is 12.4. The van der Waals surface area contributed by atoms with Crippen LogP contribution in [0.4, 0.5) is 8.78 Å². The van der Waals surface area contributed by atoms with E-state index >= 15 is 0 Å². The van der Waals surface area contributed by atoms with Crippen molar-refractivity contribution in [1.29, 1.82) is 5.26 Å². The fourth-order valence-corrected chi connectivity index (χ4v) is 1.60. The molecule has 0 fully saturated rings. The number of alkyl halides is 2. The molecule has 0 atom stereocenters. The largest absolute Gasteiger partial charge is 0.274 e. The minimum absolute atomic E-state index is 0.154. The summed E-state index contributed by atoms with van der Waals surface area (Å²) in [4.78, 5) is 14.2. The van der Waals surface area contributed by atoms with Gasteiger partial charge < -0.3 is 0 Å². The first-order chi connectivity index (χ1) is 6.99. The zero-order valence-corrected chi connectivity index (χ0v) is 9.31. The molecule has 78 valence electrons. The van der Waals surface area contributed by atoms with Gasteiger partial charge in [0.15, 0.2) is 0 Å². The summed E-state index contributed by atoms with van der Waals surface area (Å²) in [7, 11) is 0. The lowest BCUT2D eigenvalue weighted by molar-refractivity contribution is 0.107. The Kier molecular flexibility index (Phi) is 3.72. The van der Waals surface area contributed by atoms with Gasteiger partial charge in [-0.25, -0.2) is 13.8 Å². The van der Waals surface area contributed by atoms with E-state index in [9.17, 15) is 13.6 Å². The number of rotatable bonds is 2. The number of carbonyl (C=O) groups is 1. The maximum absolute atomic E-state index is 12.4. The molecule has 0 aromatic carbocycles. The molecule has 0 radical (unpaired) electrons. The predicted molar refractivity (Wildman–Crippen MR) is 51.8 cm³/mol. The lowest BCUT2D eigenvalue weighted by Gasteiger charge is -2.05. The summed E-state index contributed by atoms with van der Waals surface area (Å²) in [5.74, 6) is 0. The lowest BCUT2D eigenvalue weighted by atomic mass is 10.1. The molecule has 0 spiro atoms. The number of halogens is 4. The van der Waals surface area contributed by atoms with E-state index in [-0.39, 0.29) is 15.7 Å². The molecule has 1 aromatic rings. The molecule has 0 aliphatic rings. The first-order valence-corrected chi connectivity index (χ1v) is 4.72. The number of pyridine rings is 1. The van der Waals surface area contributed by atoms with Crippen LogP contribution in [-0.2, 0) is 0 Å². The highest BCUT2D eigenvalue weighted by Crippen LogP contribution is 2.30. The molecule has 0 aliphatic heterocycles. The minimum Gasteiger partial charge on any atom is -0.274 e. The van der Waals surface area contributed by atoms with Gasteiger partial charge in [-0.05, 0) is 27.5 Å². The van der Waals surface area contributed by atoms with Gasteiger partial charge in [0.1, 0.15) is 11.8 Å². The van der Waals surface area contributed by atoms with Gasteiger partial charge in [0.05, 0.1) is 11.1 Å². The van der Waals surface area contributed by atoms with Crippen molar-refractivity contribution in [1.82, 2.24) is 4.98 Å². The van der Waals surface area contributed by atoms with Crippen LogP contribution >= 0.6 is 27.5 Å². The van der Waals surface area contributed by atoms with E-state index < -0.39 is 17.2 Å². The van der Waals surface area contributed by atoms with Crippen molar-refractivity contribution in [2.45, 2.75) is 6.43 Å². The molecule has 0 saturated heterocycles. The predicted octanol–water partition coefficient (Wildman–Crippen LogP) is 3.03. The zero-order valence-electron chi connectivity index (χ0n) is 6.97. The van der Waals surface area contributed by atoms with Crippen LogP contribution in [0, 0.1) is 11.3 Å². The second-order valence-corrected chi connectivity index (χ2v) is 3.57. The Hall–Kier alpha value is -1.06. The number of nitriles is 1. The molecular formula is C8H2BrClF2N2O. The molecule has 0 N–H and O–H groups in total. The number of hydrogen-bond donors (Lipinski definition) is 0. The van der Waals surface area contributed by atoms with Gasteiger partial charge in [-0.1, -0.05) is 0 Å². The molecule has 0 amide bonds. The van der Waals surface area contributed by atoms with E-state index in [1.807, 2.05) is 0 Å². The van der Waals surface area contributed by atoms with Gasteiger partial charge >= 0.3 is 0 Å². The van der Waals surface area contributed by atoms with Crippen LogP contribution in [0.1, 0.15) is 28.0 Å². The van der Waals surface area contributed by atoms with Crippen LogP contribution in [-0.4, -0.2) is 10.2 Å². The molecule has 1 rings (SSSR count). The summed E-state index contributed by atoms with van der Waals surface area (Å²) in [6.07, 6.45) is -1.97. The molecule has 7 heteroatoms. The van der Waals surface area contributed by atoms with E-state index in [1.54, 1.807) is 6.07 Å². The first-order valence-electron chi connectivity index (χ1n) is 3.55. The van der Waals surface area contributed by atoms with E-state index in [2.05, 4.69) is 20.9 Å². The van der Waals surface area contributed by atoms with Crippen LogP contribution < -0.4 is 0 Å². The van der Waals surface area contributed by atoms with E-state index in [1.165, 1.54) is 0 Å². The van der Waals surface area contributed by atoms with Crippen molar-refractivity contribution in [2.24, 2.45) is 0 Å². The minimum atomic E-state index is -2.78. The van der Waals surface area contributed by atoms with Crippen molar-refractivity contribution >= 4 is 32.8 Å². The quantitative estimate of drug-likeness (QED) is 0.788. The normalized spacial score (nSPS) is 10.1. The number of hydrogen-bond acceptors (Lipinski definition) is 3. The highest BCUT2D eigenvalue weighted by Gasteiger charge is 2.21. The molecule has 1 aromatic heterocycles. The fourth-order valence-electron chi connectivity index (χ4n) is 0.907. The Morgan fingerprint density at radius 1 is 1.67 bits per heavy atom. The van der Waals surface area contributed by atoms with Gasteiger partial charge in [0.25, 0.3) is 11.7 Å². The number of aromatic nitrogens is 1. The third-order valence-electron chi connectivity index (χ3n) is 1.58. The van der Waals surface area contributed by atoms with E-state index in [0.717, 1.165) is 6.20 Å². The van der Waals surface area contributed by atoms with Crippen molar-refractivity contribution in [3.8, 4) is 6.07 Å². The molecule has 0 unspecified atom stereocenters. The van der Waals surface area contributed by atoms with E-state index in [4.69, 9.17) is 16.9 Å². The summed E-state index contributed by atoms with van der Waals surface area (Å²) in [5.41, 5.74) is -1.07. The third-order valence-corrected chi connectivity index (χ3v) is 2.61. The standard InChI is InChI=1S/C8H2BrClF2N2O/c9-5-3(1-13)6(7(10)15)14-2-4(5)8(11)12/h2,8H. The van der Waals surface area contributed by atoms with Crippen molar-refractivity contribution in [3.63, 3.8) is 0 Å². The maximum Gasteiger partial charge on any atom is 0.272 e. The van der Waals surface area contributed by atoms with Crippen LogP contribution in [0.2, 0.25) is 0 Å². The van der Waals surface area contributed by atoms with Gasteiger partial charge in [-0.2, -0.15) is 5.26 Å². The summed E-state index contributed by atoms with van der Waals surface area (Å²) in [6, 6.07) is 1.59. The SMILES string of the molecule is N#Cc1c(C(=O)Cl)ncc(C(F)F)c1Br. The summed E-state index contributed by atoms with van der Waals surface area (Å²) in [5, 5.41) is 7.71. The average Bonchev–Trinajstić information content (AvgIpc) is 2.16. The first kappa shape index (κ1) is 12.0. The second kappa shape index (κ2) is 4.64. The molecule has 0 bridgehead atoms. The second-order valence-electron chi connectivity index (χ2n) is 2.44. The molecule has 0 saturated carbocycles. The van der Waals surface area contributed by atoms with Crippen molar-refractivity contribution < 1.29 is 13.6 Å². The Morgan fingerprint density at radius 2 is 2.27 bits per heavy atom. The smallest absolute Gasteiger partial charge is 0.272 e. The summed E-state index contributed by atoms with van der Waals surface area (Å²) in [6.45, 7) is 0. The average molecular weight is 295 g/mol. The third kappa shape index (κ3) is 2.30. The van der Waals surface area contributed by atoms with Crippen LogP contribution in [0.5, 0.6) is 0 Å². The molecular weight excluding hydrogens is 293 g/mol. The van der Waals surface area contributed by atoms with Crippen molar-refractivity contribution in [2.75, 3.05) is 0 Å². The Morgan fingerprint density at radius 3 is 2.67 bits per heavy atom. The van der Waals surface area contributed by atoms with E-state index in [0.29, 0.717) is 0 Å². The lowest BCUT2D eigenvalue weighted by Crippen LogP contribution is -2.02. The Balaban J connectivity index is 3.48. The highest BCUT2D eigenvalue weighted by molar-refractivity contribution is 9.10. The topological polar surface area (TPSA) is 53.8 Å². The number of carbonyl (C=O) groups excluding carboxylic acids is 1. The van der Waals surface area contributed by atoms with Crippen molar-refractivity contribution in [3.05, 3.63) is 27.5 Å². The monoisotopic (exact) mass is 294 g/mol. The Labute approximate surface area is 96.8 Å². The molecule has 3 nitrogen and oxygen atoms in total. The summed E-state index contributed by atoms with van der Waals surface area (Å²) < 4.78 is 24.6. The fraction of sp³-hybridized carbons (Fsp3) is 0.125. The molecule has 15 heavy (non-hydrogen) atoms. The summed E-state index contributed by atoms with van der Waals surface area (Å²) >= 11 is 7.94. The van der Waals surface area contributed by atoms with Crippen LogP contribution in [0.25, 0.3) is 0 Å². The highest BCUT2D eigenvalue weighted by atomic mass is 79.9. The zero-order chi connectivity index (χ0) is 11.6. The van der Waals surface area contributed by atoms with Crippen LogP contribution in [0.15, 0.2) is 10.7 Å². The molecule has 1 heterocycles. The van der Waals surface area contributed by atoms with Crippen LogP contribution in [0.3, 0.4) is 0 Å². The van der Waals surface area contributed by atoms with Gasteiger partial charge in [0, 0.05) is 10.7 Å². The molecule has 0 aliphatic carbocycles. The Bertz CT molecular complexity index is 459.